The average Bonchev–Trinajstić information content (AvgIpc) is 2.52. The van der Waals surface area contributed by atoms with Gasteiger partial charge in [-0.1, -0.05) is 12.1 Å². The van der Waals surface area contributed by atoms with E-state index in [4.69, 9.17) is 10.00 Å². The molecular formula is C15H17N5O. The predicted octanol–water partition coefficient (Wildman–Crippen LogP) is 2.54. The van der Waals surface area contributed by atoms with E-state index in [-0.39, 0.29) is 0 Å². The van der Waals surface area contributed by atoms with Gasteiger partial charge in [-0.25, -0.2) is 4.98 Å². The molecule has 0 bridgehead atoms. The van der Waals surface area contributed by atoms with E-state index in [9.17, 15) is 0 Å². The van der Waals surface area contributed by atoms with Gasteiger partial charge >= 0.3 is 0 Å². The minimum absolute atomic E-state index is 0.547. The van der Waals surface area contributed by atoms with E-state index >= 15 is 0 Å². The van der Waals surface area contributed by atoms with Gasteiger partial charge in [-0.05, 0) is 24.6 Å². The Bertz CT molecular complexity index is 623. The number of nitrogens with one attached hydrogen (secondary N) is 2. The Hall–Kier alpha value is -2.65. The van der Waals surface area contributed by atoms with Crippen molar-refractivity contribution in [1.82, 2.24) is 9.97 Å². The van der Waals surface area contributed by atoms with Gasteiger partial charge in [0.1, 0.15) is 11.9 Å². The Morgan fingerprint density at radius 3 is 2.95 bits per heavy atom. The van der Waals surface area contributed by atoms with Gasteiger partial charge in [-0.2, -0.15) is 10.2 Å². The molecule has 0 aliphatic heterocycles. The molecule has 2 rings (SSSR count). The fourth-order valence-electron chi connectivity index (χ4n) is 1.76. The van der Waals surface area contributed by atoms with Gasteiger partial charge in [0.15, 0.2) is 0 Å². The number of methoxy groups -OCH3 is 1. The molecule has 0 fully saturated rings. The van der Waals surface area contributed by atoms with Crippen molar-refractivity contribution in [3.05, 3.63) is 42.1 Å². The van der Waals surface area contributed by atoms with E-state index in [1.165, 1.54) is 0 Å². The molecule has 0 unspecified atom stereocenters. The summed E-state index contributed by atoms with van der Waals surface area (Å²) < 4.78 is 4.98. The Kier molecular flexibility index (Phi) is 5.50. The second-order valence-corrected chi connectivity index (χ2v) is 4.32. The molecule has 21 heavy (non-hydrogen) atoms. The molecule has 1 aromatic heterocycles. The maximum absolute atomic E-state index is 9.07. The molecule has 1 heterocycles. The van der Waals surface area contributed by atoms with Crippen molar-refractivity contribution < 1.29 is 4.74 Å². The highest BCUT2D eigenvalue weighted by molar-refractivity contribution is 5.64. The summed E-state index contributed by atoms with van der Waals surface area (Å²) in [4.78, 5) is 8.51. The van der Waals surface area contributed by atoms with Gasteiger partial charge in [-0.3, -0.25) is 0 Å². The van der Waals surface area contributed by atoms with Gasteiger partial charge in [0.25, 0.3) is 0 Å². The first-order valence-corrected chi connectivity index (χ1v) is 6.65. The van der Waals surface area contributed by atoms with Crippen molar-refractivity contribution in [2.75, 3.05) is 30.9 Å². The first-order chi connectivity index (χ1) is 10.3. The van der Waals surface area contributed by atoms with Gasteiger partial charge in [0, 0.05) is 26.5 Å². The molecule has 2 N–H and O–H groups in total. The summed E-state index contributed by atoms with van der Waals surface area (Å²) in [6.07, 6.45) is 2.55. The number of ether oxygens (including phenoxy) is 1. The third-order valence-corrected chi connectivity index (χ3v) is 2.77. The third-order valence-electron chi connectivity index (χ3n) is 2.77. The zero-order chi connectivity index (χ0) is 14.9. The fraction of sp³-hybridized carbons (Fsp3) is 0.267. The van der Waals surface area contributed by atoms with Crippen LogP contribution in [0.5, 0.6) is 0 Å². The second kappa shape index (κ2) is 7.82. The molecule has 0 aliphatic rings. The van der Waals surface area contributed by atoms with Crippen molar-refractivity contribution in [1.29, 1.82) is 5.26 Å². The van der Waals surface area contributed by atoms with Crippen LogP contribution in [0.25, 0.3) is 0 Å². The van der Waals surface area contributed by atoms with E-state index in [2.05, 4.69) is 26.7 Å². The molecule has 6 nitrogen and oxygen atoms in total. The normalized spacial score (nSPS) is 9.90. The number of para-hydroxylation sites is 1. The quantitative estimate of drug-likeness (QED) is 0.760. The lowest BCUT2D eigenvalue weighted by atomic mass is 10.2. The molecule has 0 aliphatic carbocycles. The lowest BCUT2D eigenvalue weighted by Crippen LogP contribution is -2.08. The van der Waals surface area contributed by atoms with Crippen LogP contribution >= 0.6 is 0 Å². The van der Waals surface area contributed by atoms with Crippen LogP contribution in [-0.4, -0.2) is 30.2 Å². The number of nitrogens with zero attached hydrogens (tertiary/aromatic N) is 3. The largest absolute Gasteiger partial charge is 0.385 e. The highest BCUT2D eigenvalue weighted by Crippen LogP contribution is 2.18. The number of aromatic nitrogens is 2. The summed E-state index contributed by atoms with van der Waals surface area (Å²) in [6, 6.07) is 11.2. The topological polar surface area (TPSA) is 82.9 Å². The maximum atomic E-state index is 9.07. The van der Waals surface area contributed by atoms with Crippen LogP contribution in [0.15, 0.2) is 36.5 Å². The fourth-order valence-corrected chi connectivity index (χ4v) is 1.76. The monoisotopic (exact) mass is 283 g/mol. The number of anilines is 3. The zero-order valence-electron chi connectivity index (χ0n) is 11.8. The van der Waals surface area contributed by atoms with Crippen LogP contribution in [0.1, 0.15) is 12.0 Å². The number of nitriles is 1. The van der Waals surface area contributed by atoms with Crippen molar-refractivity contribution in [2.45, 2.75) is 6.42 Å². The highest BCUT2D eigenvalue weighted by Gasteiger charge is 2.03. The highest BCUT2D eigenvalue weighted by atomic mass is 16.5. The Balaban J connectivity index is 2.02. The van der Waals surface area contributed by atoms with Crippen LogP contribution in [0.4, 0.5) is 17.5 Å². The molecule has 108 valence electrons. The molecule has 0 saturated heterocycles. The van der Waals surface area contributed by atoms with Gasteiger partial charge in [-0.15, -0.1) is 0 Å². The number of rotatable bonds is 7. The van der Waals surface area contributed by atoms with E-state index in [0.29, 0.717) is 23.9 Å². The summed E-state index contributed by atoms with van der Waals surface area (Å²) in [5.41, 5.74) is 1.30. The summed E-state index contributed by atoms with van der Waals surface area (Å²) in [5.74, 6) is 1.19. The first-order valence-electron chi connectivity index (χ1n) is 6.65. The second-order valence-electron chi connectivity index (χ2n) is 4.32. The average molecular weight is 283 g/mol. The number of hydrogen-bond donors (Lipinski definition) is 2. The van der Waals surface area contributed by atoms with E-state index in [0.717, 1.165) is 18.7 Å². The summed E-state index contributed by atoms with van der Waals surface area (Å²) in [5, 5.41) is 15.3. The van der Waals surface area contributed by atoms with E-state index in [1.807, 2.05) is 18.2 Å². The van der Waals surface area contributed by atoms with Crippen molar-refractivity contribution in [3.63, 3.8) is 0 Å². The van der Waals surface area contributed by atoms with E-state index in [1.54, 1.807) is 25.4 Å². The van der Waals surface area contributed by atoms with E-state index < -0.39 is 0 Å². The minimum atomic E-state index is 0.547. The Labute approximate surface area is 123 Å². The van der Waals surface area contributed by atoms with Gasteiger partial charge in [0.2, 0.25) is 5.95 Å². The smallest absolute Gasteiger partial charge is 0.224 e. The number of benzene rings is 1. The van der Waals surface area contributed by atoms with Crippen molar-refractivity contribution >= 4 is 17.5 Å². The number of hydrogen-bond acceptors (Lipinski definition) is 6. The Morgan fingerprint density at radius 2 is 2.14 bits per heavy atom. The van der Waals surface area contributed by atoms with Crippen LogP contribution < -0.4 is 10.6 Å². The summed E-state index contributed by atoms with van der Waals surface area (Å²) in [6.45, 7) is 1.44. The van der Waals surface area contributed by atoms with Gasteiger partial charge in [0.05, 0.1) is 11.3 Å². The molecular weight excluding hydrogens is 266 g/mol. The van der Waals surface area contributed by atoms with Crippen LogP contribution in [0, 0.1) is 11.3 Å². The SMILES string of the molecule is COCCCNc1nccc(Nc2ccccc2C#N)n1. The Morgan fingerprint density at radius 1 is 1.29 bits per heavy atom. The molecule has 0 atom stereocenters. The molecule has 1 aromatic carbocycles. The molecule has 2 aromatic rings. The van der Waals surface area contributed by atoms with Crippen LogP contribution in [-0.2, 0) is 4.74 Å². The molecule has 0 saturated carbocycles. The molecule has 0 amide bonds. The lowest BCUT2D eigenvalue weighted by Gasteiger charge is -2.09. The third kappa shape index (κ3) is 4.44. The lowest BCUT2D eigenvalue weighted by molar-refractivity contribution is 0.197. The minimum Gasteiger partial charge on any atom is -0.385 e. The van der Waals surface area contributed by atoms with Crippen molar-refractivity contribution in [3.8, 4) is 6.07 Å². The maximum Gasteiger partial charge on any atom is 0.224 e. The summed E-state index contributed by atoms with van der Waals surface area (Å²) >= 11 is 0. The predicted molar refractivity (Wildman–Crippen MR) is 81.5 cm³/mol. The van der Waals surface area contributed by atoms with Crippen LogP contribution in [0.3, 0.4) is 0 Å². The zero-order valence-corrected chi connectivity index (χ0v) is 11.8. The van der Waals surface area contributed by atoms with Crippen LogP contribution in [0.2, 0.25) is 0 Å². The standard InChI is InChI=1S/C15H17N5O/c1-21-10-4-8-17-15-18-9-7-14(20-15)19-13-6-3-2-5-12(13)11-16/h2-3,5-7,9H,4,8,10H2,1H3,(H2,17,18,19,20). The first kappa shape index (κ1) is 14.8. The van der Waals surface area contributed by atoms with Crippen molar-refractivity contribution in [2.24, 2.45) is 0 Å². The van der Waals surface area contributed by atoms with Gasteiger partial charge < -0.3 is 15.4 Å². The molecule has 6 heteroatoms. The molecule has 0 radical (unpaired) electrons. The molecule has 0 spiro atoms. The summed E-state index contributed by atoms with van der Waals surface area (Å²) in [7, 11) is 1.67.